The largest absolute Gasteiger partial charge is 0.492 e. The highest BCUT2D eigenvalue weighted by molar-refractivity contribution is 7.94. The summed E-state index contributed by atoms with van der Waals surface area (Å²) < 4.78 is 59.4. The van der Waals surface area contributed by atoms with Gasteiger partial charge in [-0.3, -0.25) is 9.10 Å². The van der Waals surface area contributed by atoms with Crippen LogP contribution in [-0.2, 0) is 20.0 Å². The topological polar surface area (TPSA) is 113 Å². The third kappa shape index (κ3) is 6.32. The first kappa shape index (κ1) is 27.1. The van der Waals surface area contributed by atoms with Gasteiger partial charge < -0.3 is 10.1 Å². The van der Waals surface area contributed by atoms with E-state index >= 15 is 0 Å². The number of nitrogens with one attached hydrogen (secondary N) is 1. The summed E-state index contributed by atoms with van der Waals surface area (Å²) in [6.45, 7) is 1.53. The Balaban J connectivity index is 1.26. The van der Waals surface area contributed by atoms with Crippen LogP contribution in [0.5, 0.6) is 5.75 Å². The summed E-state index contributed by atoms with van der Waals surface area (Å²) >= 11 is 1.14. The quantitative estimate of drug-likeness (QED) is 0.378. The van der Waals surface area contributed by atoms with Crippen LogP contribution in [0.2, 0.25) is 0 Å². The van der Waals surface area contributed by atoms with Crippen LogP contribution in [0.1, 0.15) is 29.6 Å². The zero-order valence-electron chi connectivity index (χ0n) is 20.4. The molecule has 4 rings (SSSR count). The fraction of sp³-hybridized carbons (Fsp3) is 0.320. The van der Waals surface area contributed by atoms with Crippen LogP contribution in [-0.4, -0.2) is 60.3 Å². The molecule has 0 aliphatic carbocycles. The summed E-state index contributed by atoms with van der Waals surface area (Å²) in [5.41, 5.74) is 0.831. The van der Waals surface area contributed by atoms with Crippen LogP contribution in [0.25, 0.3) is 0 Å². The monoisotopic (exact) mass is 563 g/mol. The Morgan fingerprint density at radius 1 is 0.973 bits per heavy atom. The van der Waals surface area contributed by atoms with Gasteiger partial charge in [-0.1, -0.05) is 12.5 Å². The fourth-order valence-corrected chi connectivity index (χ4v) is 7.78. The first-order valence-electron chi connectivity index (χ1n) is 11.8. The number of carbonyl (C=O) groups is 1. The maximum absolute atomic E-state index is 12.7. The van der Waals surface area contributed by atoms with Crippen molar-refractivity contribution in [3.8, 4) is 5.75 Å². The van der Waals surface area contributed by atoms with Crippen molar-refractivity contribution in [2.24, 2.45) is 0 Å². The third-order valence-corrected chi connectivity index (χ3v) is 11.1. The molecule has 2 aromatic carbocycles. The van der Waals surface area contributed by atoms with Gasteiger partial charge in [-0.15, -0.1) is 11.3 Å². The number of sulfonamides is 2. The first-order chi connectivity index (χ1) is 17.7. The van der Waals surface area contributed by atoms with Crippen molar-refractivity contribution >= 4 is 43.0 Å². The molecule has 0 radical (unpaired) electrons. The molecule has 1 aliphatic rings. The Morgan fingerprint density at radius 2 is 1.65 bits per heavy atom. The van der Waals surface area contributed by atoms with E-state index in [-0.39, 0.29) is 28.2 Å². The number of hydrogen-bond acceptors (Lipinski definition) is 7. The van der Waals surface area contributed by atoms with Crippen LogP contribution >= 0.6 is 11.3 Å². The van der Waals surface area contributed by atoms with E-state index in [1.807, 2.05) is 0 Å². The minimum absolute atomic E-state index is 0.198. The van der Waals surface area contributed by atoms with Gasteiger partial charge in [0.1, 0.15) is 16.6 Å². The number of piperidine rings is 1. The summed E-state index contributed by atoms with van der Waals surface area (Å²) in [5, 5.41) is 4.45. The molecule has 198 valence electrons. The molecule has 0 atom stereocenters. The molecule has 3 aromatic rings. The molecular weight excluding hydrogens is 534 g/mol. The maximum atomic E-state index is 12.7. The van der Waals surface area contributed by atoms with E-state index in [9.17, 15) is 21.6 Å². The Hall–Kier alpha value is -2.93. The second kappa shape index (κ2) is 11.6. The van der Waals surface area contributed by atoms with Crippen molar-refractivity contribution in [2.75, 3.05) is 37.6 Å². The molecule has 2 heterocycles. The van der Waals surface area contributed by atoms with E-state index in [4.69, 9.17) is 4.74 Å². The molecule has 1 saturated heterocycles. The van der Waals surface area contributed by atoms with Crippen molar-refractivity contribution in [1.29, 1.82) is 0 Å². The predicted octanol–water partition coefficient (Wildman–Crippen LogP) is 3.56. The van der Waals surface area contributed by atoms with Crippen LogP contribution in [0.4, 0.5) is 5.69 Å². The molecule has 0 saturated carbocycles. The smallest absolute Gasteiger partial charge is 0.273 e. The van der Waals surface area contributed by atoms with Crippen LogP contribution in [0.15, 0.2) is 75.1 Å². The second-order valence-corrected chi connectivity index (χ2v) is 13.6. The van der Waals surface area contributed by atoms with Gasteiger partial charge in [-0.25, -0.2) is 16.8 Å². The Morgan fingerprint density at radius 3 is 2.27 bits per heavy atom. The highest BCUT2D eigenvalue weighted by atomic mass is 32.2. The van der Waals surface area contributed by atoms with E-state index in [0.717, 1.165) is 30.6 Å². The summed E-state index contributed by atoms with van der Waals surface area (Å²) in [7, 11) is -5.66. The number of nitrogens with zero attached hydrogens (tertiary/aromatic N) is 2. The highest BCUT2D eigenvalue weighted by Crippen LogP contribution is 2.25. The number of carbonyl (C=O) groups excluding carboxylic acids is 1. The lowest BCUT2D eigenvalue weighted by Crippen LogP contribution is -2.35. The lowest BCUT2D eigenvalue weighted by molar-refractivity contribution is 0.0947. The van der Waals surface area contributed by atoms with Crippen molar-refractivity contribution < 1.29 is 26.4 Å². The summed E-state index contributed by atoms with van der Waals surface area (Å²) in [5.74, 6) is 0.188. The summed E-state index contributed by atoms with van der Waals surface area (Å²) in [6, 6.07) is 15.8. The molecule has 0 spiro atoms. The second-order valence-electron chi connectivity index (χ2n) is 8.49. The van der Waals surface area contributed by atoms with Crippen molar-refractivity contribution in [3.05, 3.63) is 71.6 Å². The van der Waals surface area contributed by atoms with E-state index < -0.39 is 20.0 Å². The molecule has 1 aromatic heterocycles. The third-order valence-electron chi connectivity index (χ3n) is 6.04. The SMILES string of the molecule is CN(c1ccc(C(=O)NCCOc2ccc(S(=O)(=O)N3CCCCC3)cc2)cc1)S(=O)(=O)c1cccs1. The average Bonchev–Trinajstić information content (AvgIpc) is 3.48. The van der Waals surface area contributed by atoms with Gasteiger partial charge in [0.2, 0.25) is 10.0 Å². The van der Waals surface area contributed by atoms with E-state index in [1.54, 1.807) is 53.9 Å². The van der Waals surface area contributed by atoms with E-state index in [0.29, 0.717) is 30.1 Å². The van der Waals surface area contributed by atoms with Crippen molar-refractivity contribution in [3.63, 3.8) is 0 Å². The van der Waals surface area contributed by atoms with Gasteiger partial charge in [-0.2, -0.15) is 4.31 Å². The number of hydrogen-bond donors (Lipinski definition) is 1. The molecule has 1 amide bonds. The molecule has 0 bridgehead atoms. The number of benzene rings is 2. The Bertz CT molecular complexity index is 1400. The van der Waals surface area contributed by atoms with E-state index in [2.05, 4.69) is 5.32 Å². The standard InChI is InChI=1S/C25H29N3O6S3/c1-27(37(32,33)24-6-5-19-35-24)21-9-7-20(8-10-21)25(29)26-15-18-34-22-11-13-23(14-12-22)36(30,31)28-16-3-2-4-17-28/h5-14,19H,2-4,15-18H2,1H3,(H,26,29). The van der Waals surface area contributed by atoms with Gasteiger partial charge in [0.25, 0.3) is 15.9 Å². The number of ether oxygens (including phenoxy) is 1. The van der Waals surface area contributed by atoms with Gasteiger partial charge in [-0.05, 0) is 72.8 Å². The fourth-order valence-electron chi connectivity index (χ4n) is 3.90. The molecule has 0 unspecified atom stereocenters. The molecule has 37 heavy (non-hydrogen) atoms. The Labute approximate surface area is 221 Å². The lowest BCUT2D eigenvalue weighted by Gasteiger charge is -2.25. The molecule has 1 aliphatic heterocycles. The normalized spacial score (nSPS) is 14.7. The molecular formula is C25H29N3O6S3. The summed E-state index contributed by atoms with van der Waals surface area (Å²) in [4.78, 5) is 12.7. The summed E-state index contributed by atoms with van der Waals surface area (Å²) in [6.07, 6.45) is 2.81. The zero-order valence-corrected chi connectivity index (χ0v) is 22.8. The first-order valence-corrected chi connectivity index (χ1v) is 15.6. The molecule has 1 fully saturated rings. The highest BCUT2D eigenvalue weighted by Gasteiger charge is 2.26. The predicted molar refractivity (Wildman–Crippen MR) is 143 cm³/mol. The van der Waals surface area contributed by atoms with Gasteiger partial charge in [0.05, 0.1) is 17.1 Å². The Kier molecular flexibility index (Phi) is 8.53. The average molecular weight is 564 g/mol. The number of amides is 1. The van der Waals surface area contributed by atoms with Gasteiger partial charge in [0, 0.05) is 25.7 Å². The van der Waals surface area contributed by atoms with E-state index in [1.165, 1.54) is 27.8 Å². The molecule has 1 N–H and O–H groups in total. The van der Waals surface area contributed by atoms with Gasteiger partial charge >= 0.3 is 0 Å². The molecule has 12 heteroatoms. The number of anilines is 1. The van der Waals surface area contributed by atoms with Gasteiger partial charge in [0.15, 0.2) is 0 Å². The minimum Gasteiger partial charge on any atom is -0.492 e. The minimum atomic E-state index is -3.64. The van der Waals surface area contributed by atoms with Crippen molar-refractivity contribution in [2.45, 2.75) is 28.4 Å². The van der Waals surface area contributed by atoms with Crippen LogP contribution in [0, 0.1) is 0 Å². The molecule has 9 nitrogen and oxygen atoms in total. The number of thiophene rings is 1. The van der Waals surface area contributed by atoms with Crippen LogP contribution < -0.4 is 14.4 Å². The zero-order chi connectivity index (χ0) is 26.5. The number of rotatable bonds is 10. The van der Waals surface area contributed by atoms with Crippen LogP contribution in [0.3, 0.4) is 0 Å². The maximum Gasteiger partial charge on any atom is 0.273 e. The lowest BCUT2D eigenvalue weighted by atomic mass is 10.2. The van der Waals surface area contributed by atoms with Crippen molar-refractivity contribution in [1.82, 2.24) is 9.62 Å².